The predicted octanol–water partition coefficient (Wildman–Crippen LogP) is 3.11. The van der Waals surface area contributed by atoms with Crippen LogP contribution in [0.4, 0.5) is 18.9 Å². The Morgan fingerprint density at radius 2 is 1.86 bits per heavy atom. The number of pyridine rings is 1. The quantitative estimate of drug-likeness (QED) is 0.308. The van der Waals surface area contributed by atoms with Crippen LogP contribution in [0, 0.1) is 5.41 Å². The van der Waals surface area contributed by atoms with Crippen LogP contribution in [-0.4, -0.2) is 46.4 Å². The lowest BCUT2D eigenvalue weighted by Gasteiger charge is -2.13. The van der Waals surface area contributed by atoms with Crippen molar-refractivity contribution in [2.75, 3.05) is 11.9 Å². The summed E-state index contributed by atoms with van der Waals surface area (Å²) in [7, 11) is 0. The summed E-state index contributed by atoms with van der Waals surface area (Å²) >= 11 is 0. The SMILES string of the molecule is N=C(OC(N)=NC1N=C(c2ccccc2)c2ccccc2NC1=O)c1ncc(C(F)(F)F)cc1CCO. The standard InChI is InChI=1S/C25H21F3N6O3/c26-25(27,28)16-12-15(10-11-35)20(31-13-16)21(29)37-24(30)34-22-23(36)32-18-9-5-4-8-17(18)19(33-22)14-6-2-1-3-7-14/h1-9,12-13,22,29,35H,10-11H2,(H2,30,34)(H,32,36). The lowest BCUT2D eigenvalue weighted by Crippen LogP contribution is -2.30. The molecule has 3 aromatic rings. The number of hydrogen-bond donors (Lipinski definition) is 4. The van der Waals surface area contributed by atoms with E-state index >= 15 is 0 Å². The number of carbonyl (C=O) groups is 1. The van der Waals surface area contributed by atoms with Crippen molar-refractivity contribution in [1.82, 2.24) is 4.98 Å². The summed E-state index contributed by atoms with van der Waals surface area (Å²) in [6, 6.07) is 16.3. The Balaban J connectivity index is 1.64. The van der Waals surface area contributed by atoms with E-state index < -0.39 is 42.3 Å². The lowest BCUT2D eigenvalue weighted by atomic mass is 10.0. The summed E-state index contributed by atoms with van der Waals surface area (Å²) in [5.41, 5.74) is 6.86. The first-order valence-corrected chi connectivity index (χ1v) is 11.0. The number of nitrogens with one attached hydrogen (secondary N) is 2. The van der Waals surface area contributed by atoms with Crippen LogP contribution >= 0.6 is 0 Å². The van der Waals surface area contributed by atoms with Crippen molar-refractivity contribution >= 4 is 29.2 Å². The minimum atomic E-state index is -4.65. The largest absolute Gasteiger partial charge is 0.417 e. The van der Waals surface area contributed by atoms with E-state index in [4.69, 9.17) is 15.9 Å². The zero-order valence-electron chi connectivity index (χ0n) is 19.2. The van der Waals surface area contributed by atoms with Crippen molar-refractivity contribution in [3.63, 3.8) is 0 Å². The zero-order chi connectivity index (χ0) is 26.6. The molecule has 1 aromatic heterocycles. The first kappa shape index (κ1) is 25.5. The first-order valence-electron chi connectivity index (χ1n) is 11.0. The number of para-hydroxylation sites is 1. The maximum absolute atomic E-state index is 13.1. The van der Waals surface area contributed by atoms with Gasteiger partial charge in [-0.3, -0.25) is 15.2 Å². The molecular formula is C25H21F3N6O3. The second-order valence-electron chi connectivity index (χ2n) is 7.85. The van der Waals surface area contributed by atoms with E-state index in [2.05, 4.69) is 20.3 Å². The van der Waals surface area contributed by atoms with Crippen molar-refractivity contribution in [3.8, 4) is 0 Å². The van der Waals surface area contributed by atoms with Crippen molar-refractivity contribution in [2.24, 2.45) is 15.7 Å². The van der Waals surface area contributed by atoms with Crippen LogP contribution in [0.1, 0.15) is 27.9 Å². The number of nitrogens with zero attached hydrogens (tertiary/aromatic N) is 3. The summed E-state index contributed by atoms with van der Waals surface area (Å²) in [5, 5.41) is 20.1. The molecule has 0 radical (unpaired) electrons. The molecule has 1 aliphatic heterocycles. The molecule has 0 fully saturated rings. The van der Waals surface area contributed by atoms with Gasteiger partial charge in [-0.05, 0) is 24.1 Å². The van der Waals surface area contributed by atoms with Crippen LogP contribution in [0.5, 0.6) is 0 Å². The molecule has 0 bridgehead atoms. The smallest absolute Gasteiger partial charge is 0.405 e. The van der Waals surface area contributed by atoms with Gasteiger partial charge in [0.15, 0.2) is 0 Å². The number of alkyl halides is 3. The minimum Gasteiger partial charge on any atom is -0.405 e. The van der Waals surface area contributed by atoms with Crippen molar-refractivity contribution in [1.29, 1.82) is 5.41 Å². The van der Waals surface area contributed by atoms with E-state index in [0.717, 1.165) is 11.6 Å². The summed E-state index contributed by atoms with van der Waals surface area (Å²) in [6.45, 7) is -0.480. The number of halogens is 3. The zero-order valence-corrected chi connectivity index (χ0v) is 19.2. The fraction of sp³-hybridized carbons (Fsp3) is 0.160. The number of fused-ring (bicyclic) bond motifs is 1. The molecule has 0 saturated heterocycles. The van der Waals surface area contributed by atoms with Gasteiger partial charge < -0.3 is 20.9 Å². The predicted molar refractivity (Wildman–Crippen MR) is 131 cm³/mol. The van der Waals surface area contributed by atoms with Crippen LogP contribution in [0.3, 0.4) is 0 Å². The number of aliphatic hydroxyl groups excluding tert-OH is 1. The number of benzene rings is 2. The highest BCUT2D eigenvalue weighted by atomic mass is 19.4. The van der Waals surface area contributed by atoms with Gasteiger partial charge in [0.25, 0.3) is 11.9 Å². The number of rotatable bonds is 5. The van der Waals surface area contributed by atoms with E-state index in [1.807, 2.05) is 30.3 Å². The van der Waals surface area contributed by atoms with Gasteiger partial charge in [-0.25, -0.2) is 4.99 Å². The number of benzodiazepines with no additional fused rings is 1. The molecule has 4 rings (SSSR count). The summed E-state index contributed by atoms with van der Waals surface area (Å²) < 4.78 is 44.4. The topological polar surface area (TPSA) is 146 Å². The molecule has 12 heteroatoms. The molecule has 2 aromatic carbocycles. The number of carbonyl (C=O) groups excluding carboxylic acids is 1. The van der Waals surface area contributed by atoms with Crippen molar-refractivity contribution < 1.29 is 27.8 Å². The minimum absolute atomic E-state index is 0.0674. The van der Waals surface area contributed by atoms with Crippen LogP contribution in [0.2, 0.25) is 0 Å². The number of aliphatic hydroxyl groups is 1. The van der Waals surface area contributed by atoms with Gasteiger partial charge in [0.1, 0.15) is 5.69 Å². The van der Waals surface area contributed by atoms with Crippen molar-refractivity contribution in [3.05, 3.63) is 94.8 Å². The molecule has 1 aliphatic rings. The molecule has 1 unspecified atom stereocenters. The summed E-state index contributed by atoms with van der Waals surface area (Å²) in [4.78, 5) is 25.0. The molecule has 0 saturated carbocycles. The number of hydrogen-bond acceptors (Lipinski definition) is 7. The maximum atomic E-state index is 13.1. The first-order chi connectivity index (χ1) is 17.7. The van der Waals surface area contributed by atoms with E-state index in [1.54, 1.807) is 24.3 Å². The highest BCUT2D eigenvalue weighted by molar-refractivity contribution is 6.19. The monoisotopic (exact) mass is 510 g/mol. The molecule has 5 N–H and O–H groups in total. The van der Waals surface area contributed by atoms with Gasteiger partial charge >= 0.3 is 6.18 Å². The van der Waals surface area contributed by atoms with E-state index in [0.29, 0.717) is 23.2 Å². The van der Waals surface area contributed by atoms with Gasteiger partial charge in [0, 0.05) is 23.9 Å². The summed E-state index contributed by atoms with van der Waals surface area (Å²) in [5.74, 6) is -1.31. The molecule has 9 nitrogen and oxygen atoms in total. The second kappa shape index (κ2) is 10.6. The molecule has 1 atom stereocenters. The highest BCUT2D eigenvalue weighted by Gasteiger charge is 2.32. The molecule has 0 spiro atoms. The third kappa shape index (κ3) is 5.81. The highest BCUT2D eigenvalue weighted by Crippen LogP contribution is 2.30. The van der Waals surface area contributed by atoms with Crippen molar-refractivity contribution in [2.45, 2.75) is 18.8 Å². The third-order valence-corrected chi connectivity index (χ3v) is 5.32. The van der Waals surface area contributed by atoms with Crippen LogP contribution in [0.25, 0.3) is 0 Å². The Hall–Kier alpha value is -4.58. The molecule has 0 aliphatic carbocycles. The Morgan fingerprint density at radius 1 is 1.16 bits per heavy atom. The van der Waals surface area contributed by atoms with Gasteiger partial charge in [-0.1, -0.05) is 48.5 Å². The van der Waals surface area contributed by atoms with Gasteiger partial charge in [0.05, 0.1) is 17.0 Å². The molecule has 1 amide bonds. The number of amidine groups is 1. The molecule has 190 valence electrons. The van der Waals surface area contributed by atoms with Gasteiger partial charge in [-0.2, -0.15) is 18.2 Å². The Bertz CT molecular complexity index is 1390. The normalized spacial score (nSPS) is 15.8. The average molecular weight is 510 g/mol. The van der Waals surface area contributed by atoms with Crippen LogP contribution in [-0.2, 0) is 22.1 Å². The number of aliphatic imine (C=N–C) groups is 2. The van der Waals surface area contributed by atoms with E-state index in [9.17, 15) is 23.1 Å². The number of amides is 1. The van der Waals surface area contributed by atoms with Gasteiger partial charge in [-0.15, -0.1) is 0 Å². The fourth-order valence-corrected chi connectivity index (χ4v) is 3.64. The number of ether oxygens (including phenoxy) is 1. The number of nitrogens with two attached hydrogens (primary N) is 1. The van der Waals surface area contributed by atoms with Gasteiger partial charge in [0.2, 0.25) is 12.1 Å². The number of aromatic nitrogens is 1. The Morgan fingerprint density at radius 3 is 2.57 bits per heavy atom. The maximum Gasteiger partial charge on any atom is 0.417 e. The van der Waals surface area contributed by atoms with E-state index in [1.165, 1.54) is 0 Å². The number of anilines is 1. The molecule has 2 heterocycles. The molecule has 37 heavy (non-hydrogen) atoms. The third-order valence-electron chi connectivity index (χ3n) is 5.32. The Kier molecular flexibility index (Phi) is 7.30. The van der Waals surface area contributed by atoms with E-state index in [-0.39, 0.29) is 17.7 Å². The molecular weight excluding hydrogens is 489 g/mol. The second-order valence-corrected chi connectivity index (χ2v) is 7.85. The fourth-order valence-electron chi connectivity index (χ4n) is 3.64. The average Bonchev–Trinajstić information content (AvgIpc) is 3.00. The Labute approximate surface area is 209 Å². The summed E-state index contributed by atoms with van der Waals surface area (Å²) in [6.07, 6.45) is -5.69. The van der Waals surface area contributed by atoms with Crippen LogP contribution < -0.4 is 11.1 Å². The van der Waals surface area contributed by atoms with Crippen LogP contribution in [0.15, 0.2) is 76.8 Å². The lowest BCUT2D eigenvalue weighted by molar-refractivity contribution is -0.137.